The summed E-state index contributed by atoms with van der Waals surface area (Å²) >= 11 is 3.24. The van der Waals surface area contributed by atoms with Crippen LogP contribution in [0, 0.1) is 0 Å². The molecule has 1 N–H and O–H groups in total. The van der Waals surface area contributed by atoms with Crippen molar-refractivity contribution in [3.63, 3.8) is 0 Å². The first-order valence-electron chi connectivity index (χ1n) is 4.32. The van der Waals surface area contributed by atoms with E-state index in [-0.39, 0.29) is 0 Å². The molecule has 0 bridgehead atoms. The highest BCUT2D eigenvalue weighted by Crippen LogP contribution is 2.36. The zero-order valence-electron chi connectivity index (χ0n) is 8.73. The number of oxime groups is 1. The third kappa shape index (κ3) is 2.96. The van der Waals surface area contributed by atoms with E-state index in [0.29, 0.717) is 21.5 Å². The lowest BCUT2D eigenvalue weighted by Gasteiger charge is -2.10. The quantitative estimate of drug-likeness (QED) is 0.304. The average Bonchev–Trinajstić information content (AvgIpc) is 2.21. The first-order valence-corrected chi connectivity index (χ1v) is 5.11. The molecule has 0 aliphatic heterocycles. The number of carbonyl (C=O) groups excluding carboxylic acids is 1. The van der Waals surface area contributed by atoms with E-state index in [1.54, 1.807) is 12.1 Å². The van der Waals surface area contributed by atoms with Crippen molar-refractivity contribution in [3.05, 3.63) is 22.2 Å². The Kier molecular flexibility index (Phi) is 4.30. The molecule has 0 heterocycles. The van der Waals surface area contributed by atoms with Gasteiger partial charge in [0, 0.05) is 12.5 Å². The number of hydrogen-bond acceptors (Lipinski definition) is 5. The van der Waals surface area contributed by atoms with E-state index in [4.69, 9.17) is 14.7 Å². The van der Waals surface area contributed by atoms with Crippen LogP contribution in [0.25, 0.3) is 0 Å². The normalized spacial score (nSPS) is 10.4. The van der Waals surface area contributed by atoms with Gasteiger partial charge in [0.25, 0.3) is 0 Å². The summed E-state index contributed by atoms with van der Waals surface area (Å²) in [6.07, 6.45) is 1.24. The number of hydrogen-bond donors (Lipinski definition) is 1. The number of methoxy groups -OCH3 is 1. The van der Waals surface area contributed by atoms with E-state index < -0.39 is 5.97 Å². The summed E-state index contributed by atoms with van der Waals surface area (Å²) in [6.45, 7) is 1.30. The van der Waals surface area contributed by atoms with Crippen LogP contribution in [0.4, 0.5) is 0 Å². The van der Waals surface area contributed by atoms with Crippen LogP contribution >= 0.6 is 15.9 Å². The molecule has 0 atom stereocenters. The second-order valence-corrected chi connectivity index (χ2v) is 3.73. The van der Waals surface area contributed by atoms with Gasteiger partial charge in [-0.25, -0.2) is 0 Å². The van der Waals surface area contributed by atoms with E-state index in [9.17, 15) is 4.79 Å². The molecule has 0 fully saturated rings. The fourth-order valence-corrected chi connectivity index (χ4v) is 1.66. The summed E-state index contributed by atoms with van der Waals surface area (Å²) in [5.41, 5.74) is 0.613. The molecule has 1 aromatic carbocycles. The average molecular weight is 288 g/mol. The molecule has 16 heavy (non-hydrogen) atoms. The molecule has 86 valence electrons. The summed E-state index contributed by atoms with van der Waals surface area (Å²) in [4.78, 5) is 10.9. The molecule has 0 aliphatic carbocycles. The first kappa shape index (κ1) is 12.5. The van der Waals surface area contributed by atoms with E-state index in [2.05, 4.69) is 21.1 Å². The summed E-state index contributed by atoms with van der Waals surface area (Å²) in [6, 6.07) is 3.23. The molecule has 0 saturated carbocycles. The molecule has 5 nitrogen and oxygen atoms in total. The third-order valence-corrected chi connectivity index (χ3v) is 2.29. The zero-order chi connectivity index (χ0) is 12.1. The van der Waals surface area contributed by atoms with Crippen LogP contribution in [0.3, 0.4) is 0 Å². The largest absolute Gasteiger partial charge is 0.493 e. The second-order valence-electron chi connectivity index (χ2n) is 2.87. The minimum Gasteiger partial charge on any atom is -0.493 e. The van der Waals surface area contributed by atoms with Crippen molar-refractivity contribution < 1.29 is 19.5 Å². The van der Waals surface area contributed by atoms with Crippen LogP contribution in [0.5, 0.6) is 11.5 Å². The number of benzene rings is 1. The van der Waals surface area contributed by atoms with E-state index in [0.717, 1.165) is 0 Å². The van der Waals surface area contributed by atoms with Gasteiger partial charge >= 0.3 is 5.97 Å². The van der Waals surface area contributed by atoms with E-state index in [1.807, 2.05) is 0 Å². The van der Waals surface area contributed by atoms with Crippen molar-refractivity contribution in [3.8, 4) is 11.5 Å². The highest BCUT2D eigenvalue weighted by Gasteiger charge is 2.12. The number of halogens is 1. The van der Waals surface area contributed by atoms with Gasteiger partial charge in [-0.05, 0) is 28.1 Å². The summed E-state index contributed by atoms with van der Waals surface area (Å²) in [7, 11) is 1.45. The van der Waals surface area contributed by atoms with Crippen molar-refractivity contribution in [2.75, 3.05) is 7.11 Å². The lowest BCUT2D eigenvalue weighted by atomic mass is 10.2. The SMILES string of the molecule is COc1cc(/C=N\O)cc(Br)c1OC(C)=O. The van der Waals surface area contributed by atoms with Crippen LogP contribution in [0.1, 0.15) is 12.5 Å². The van der Waals surface area contributed by atoms with Crippen LogP contribution in [0.15, 0.2) is 21.8 Å². The molecule has 0 aromatic heterocycles. The lowest BCUT2D eigenvalue weighted by Crippen LogP contribution is -2.04. The van der Waals surface area contributed by atoms with Gasteiger partial charge < -0.3 is 14.7 Å². The van der Waals surface area contributed by atoms with Crippen molar-refractivity contribution in [2.45, 2.75) is 6.92 Å². The van der Waals surface area contributed by atoms with Crippen LogP contribution in [0.2, 0.25) is 0 Å². The number of esters is 1. The number of nitrogens with zero attached hydrogens (tertiary/aromatic N) is 1. The Bertz CT molecular complexity index is 431. The smallest absolute Gasteiger partial charge is 0.308 e. The number of rotatable bonds is 3. The zero-order valence-corrected chi connectivity index (χ0v) is 10.3. The third-order valence-electron chi connectivity index (χ3n) is 1.70. The van der Waals surface area contributed by atoms with Gasteiger partial charge in [-0.1, -0.05) is 5.16 Å². The van der Waals surface area contributed by atoms with Crippen molar-refractivity contribution in [1.29, 1.82) is 0 Å². The first-order chi connectivity index (χ1) is 7.58. The highest BCUT2D eigenvalue weighted by atomic mass is 79.9. The number of ether oxygens (including phenoxy) is 2. The maximum absolute atomic E-state index is 10.9. The Balaban J connectivity index is 3.22. The van der Waals surface area contributed by atoms with Crippen LogP contribution < -0.4 is 9.47 Å². The second kappa shape index (κ2) is 5.50. The Labute approximate surface area is 101 Å². The molecule has 0 radical (unpaired) electrons. The fraction of sp³-hybridized carbons (Fsp3) is 0.200. The standard InChI is InChI=1S/C10H10BrNO4/c1-6(13)16-10-8(11)3-7(5-12-14)4-9(10)15-2/h3-5,14H,1-2H3/b12-5-. The predicted octanol–water partition coefficient (Wildman–Crippen LogP) is 2.19. The van der Waals surface area contributed by atoms with Gasteiger partial charge in [-0.3, -0.25) is 4.79 Å². The summed E-state index contributed by atoms with van der Waals surface area (Å²) in [5.74, 6) is 0.229. The number of carbonyl (C=O) groups is 1. The Morgan fingerprint density at radius 3 is 2.75 bits per heavy atom. The van der Waals surface area contributed by atoms with Gasteiger partial charge in [0.2, 0.25) is 0 Å². The molecule has 1 rings (SSSR count). The minimum atomic E-state index is -0.442. The monoisotopic (exact) mass is 287 g/mol. The molecule has 6 heteroatoms. The van der Waals surface area contributed by atoms with Gasteiger partial charge in [0.1, 0.15) is 0 Å². The molecular weight excluding hydrogens is 278 g/mol. The van der Waals surface area contributed by atoms with Gasteiger partial charge in [-0.2, -0.15) is 0 Å². The van der Waals surface area contributed by atoms with Crippen LogP contribution in [-0.2, 0) is 4.79 Å². The van der Waals surface area contributed by atoms with Crippen molar-refractivity contribution >= 4 is 28.1 Å². The fourth-order valence-electron chi connectivity index (χ4n) is 1.12. The molecule has 0 spiro atoms. The van der Waals surface area contributed by atoms with Crippen molar-refractivity contribution in [1.82, 2.24) is 0 Å². The highest BCUT2D eigenvalue weighted by molar-refractivity contribution is 9.10. The Morgan fingerprint density at radius 2 is 2.25 bits per heavy atom. The molecule has 1 aromatic rings. The Hall–Kier alpha value is -1.56. The van der Waals surface area contributed by atoms with Crippen LogP contribution in [-0.4, -0.2) is 24.5 Å². The molecule has 0 aliphatic rings. The van der Waals surface area contributed by atoms with Gasteiger partial charge in [0.05, 0.1) is 17.8 Å². The predicted molar refractivity (Wildman–Crippen MR) is 61.4 cm³/mol. The topological polar surface area (TPSA) is 68.1 Å². The van der Waals surface area contributed by atoms with Gasteiger partial charge in [-0.15, -0.1) is 0 Å². The summed E-state index contributed by atoms with van der Waals surface area (Å²) < 4.78 is 10.6. The molecule has 0 unspecified atom stereocenters. The molecule has 0 saturated heterocycles. The van der Waals surface area contributed by atoms with E-state index in [1.165, 1.54) is 20.2 Å². The van der Waals surface area contributed by atoms with E-state index >= 15 is 0 Å². The maximum atomic E-state index is 10.9. The molecular formula is C10H10BrNO4. The maximum Gasteiger partial charge on any atom is 0.308 e. The lowest BCUT2D eigenvalue weighted by molar-refractivity contribution is -0.132. The van der Waals surface area contributed by atoms with Crippen molar-refractivity contribution in [2.24, 2.45) is 5.16 Å². The molecule has 0 amide bonds. The minimum absolute atomic E-state index is 0.296. The van der Waals surface area contributed by atoms with Gasteiger partial charge in [0.15, 0.2) is 11.5 Å². The summed E-state index contributed by atoms with van der Waals surface area (Å²) in [5, 5.41) is 11.3. The Morgan fingerprint density at radius 1 is 1.56 bits per heavy atom.